The van der Waals surface area contributed by atoms with Gasteiger partial charge in [-0.15, -0.1) is 0 Å². The highest BCUT2D eigenvalue weighted by molar-refractivity contribution is 9.10. The molecule has 2 aromatic carbocycles. The quantitative estimate of drug-likeness (QED) is 0.706. The maximum atomic E-state index is 13.6. The van der Waals surface area contributed by atoms with Crippen molar-refractivity contribution in [1.29, 1.82) is 0 Å². The number of nitrogens with zero attached hydrogens (tertiary/aromatic N) is 2. The number of hydrogen-bond acceptors (Lipinski definition) is 1. The predicted molar refractivity (Wildman–Crippen MR) is 80.4 cm³/mol. The minimum absolute atomic E-state index is 0.109. The van der Waals surface area contributed by atoms with Crippen LogP contribution in [0.2, 0.25) is 0 Å². The van der Waals surface area contributed by atoms with Crippen LogP contribution in [-0.4, -0.2) is 9.13 Å². The zero-order valence-electron chi connectivity index (χ0n) is 10.8. The van der Waals surface area contributed by atoms with E-state index in [1.54, 1.807) is 28.3 Å². The van der Waals surface area contributed by atoms with Crippen LogP contribution in [0, 0.1) is 5.82 Å². The number of imidazole rings is 1. The topological polar surface area (TPSA) is 26.9 Å². The number of benzene rings is 2. The van der Waals surface area contributed by atoms with Crippen molar-refractivity contribution in [1.82, 2.24) is 9.13 Å². The summed E-state index contributed by atoms with van der Waals surface area (Å²) in [4.78, 5) is 12.3. The van der Waals surface area contributed by atoms with Crippen molar-refractivity contribution in [2.24, 2.45) is 7.05 Å². The van der Waals surface area contributed by atoms with Crippen molar-refractivity contribution in [3.05, 3.63) is 68.8 Å². The van der Waals surface area contributed by atoms with Gasteiger partial charge in [-0.3, -0.25) is 9.13 Å². The summed E-state index contributed by atoms with van der Waals surface area (Å²) in [6, 6.07) is 12.4. The van der Waals surface area contributed by atoms with E-state index in [9.17, 15) is 9.18 Å². The van der Waals surface area contributed by atoms with Gasteiger partial charge in [-0.2, -0.15) is 0 Å². The lowest BCUT2D eigenvalue weighted by Crippen LogP contribution is -2.22. The fourth-order valence-corrected chi connectivity index (χ4v) is 2.75. The molecule has 0 aliphatic carbocycles. The molecule has 3 nitrogen and oxygen atoms in total. The summed E-state index contributed by atoms with van der Waals surface area (Å²) in [6.45, 7) is 0.332. The van der Waals surface area contributed by atoms with Crippen molar-refractivity contribution < 1.29 is 4.39 Å². The van der Waals surface area contributed by atoms with E-state index in [4.69, 9.17) is 0 Å². The number of rotatable bonds is 2. The van der Waals surface area contributed by atoms with Crippen LogP contribution in [0.4, 0.5) is 4.39 Å². The minimum atomic E-state index is -0.323. The molecule has 0 unspecified atom stereocenters. The zero-order valence-corrected chi connectivity index (χ0v) is 12.4. The van der Waals surface area contributed by atoms with Gasteiger partial charge >= 0.3 is 5.69 Å². The van der Waals surface area contributed by atoms with Crippen molar-refractivity contribution in [2.45, 2.75) is 6.54 Å². The Morgan fingerprint density at radius 2 is 1.80 bits per heavy atom. The standard InChI is InChI=1S/C15H12BrFN2O/c1-18-12-7-2-3-8-13(12)19(15(18)20)9-10-5-4-6-11(17)14(10)16/h2-8H,9H2,1H3. The summed E-state index contributed by atoms with van der Waals surface area (Å²) in [5.41, 5.74) is 2.34. The average molecular weight is 335 g/mol. The Labute approximate surface area is 123 Å². The second-order valence-electron chi connectivity index (χ2n) is 4.63. The SMILES string of the molecule is Cn1c(=O)n(Cc2cccc(F)c2Br)c2ccccc21. The summed E-state index contributed by atoms with van der Waals surface area (Å²) in [5, 5.41) is 0. The van der Waals surface area contributed by atoms with Gasteiger partial charge in [-0.1, -0.05) is 24.3 Å². The Morgan fingerprint density at radius 3 is 2.55 bits per heavy atom. The van der Waals surface area contributed by atoms with Crippen LogP contribution >= 0.6 is 15.9 Å². The van der Waals surface area contributed by atoms with E-state index in [0.717, 1.165) is 16.6 Å². The molecule has 1 aromatic heterocycles. The molecule has 1 heterocycles. The number of halogens is 2. The highest BCUT2D eigenvalue weighted by atomic mass is 79.9. The van der Waals surface area contributed by atoms with E-state index in [1.165, 1.54) is 6.07 Å². The number of aryl methyl sites for hydroxylation is 1. The lowest BCUT2D eigenvalue weighted by Gasteiger charge is -2.06. The molecule has 0 radical (unpaired) electrons. The van der Waals surface area contributed by atoms with Crippen LogP contribution in [0.5, 0.6) is 0 Å². The molecule has 0 saturated heterocycles. The maximum Gasteiger partial charge on any atom is 0.329 e. The highest BCUT2D eigenvalue weighted by Gasteiger charge is 2.12. The molecule has 0 fully saturated rings. The van der Waals surface area contributed by atoms with Gasteiger partial charge in [0.15, 0.2) is 0 Å². The fourth-order valence-electron chi connectivity index (χ4n) is 2.36. The largest absolute Gasteiger partial charge is 0.329 e. The lowest BCUT2D eigenvalue weighted by molar-refractivity contribution is 0.615. The number of hydrogen-bond donors (Lipinski definition) is 0. The summed E-state index contributed by atoms with van der Waals surface area (Å²) in [7, 11) is 1.74. The first kappa shape index (κ1) is 13.1. The van der Waals surface area contributed by atoms with Crippen LogP contribution in [0.25, 0.3) is 11.0 Å². The van der Waals surface area contributed by atoms with Crippen molar-refractivity contribution >= 4 is 27.0 Å². The molecule has 0 aliphatic rings. The molecule has 0 aliphatic heterocycles. The molecule has 3 aromatic rings. The summed E-state index contributed by atoms with van der Waals surface area (Å²) < 4.78 is 17.2. The number of fused-ring (bicyclic) bond motifs is 1. The van der Waals surface area contributed by atoms with E-state index >= 15 is 0 Å². The third-order valence-electron chi connectivity index (χ3n) is 3.41. The lowest BCUT2D eigenvalue weighted by atomic mass is 10.2. The van der Waals surface area contributed by atoms with Crippen LogP contribution in [-0.2, 0) is 13.6 Å². The summed E-state index contributed by atoms with van der Waals surface area (Å²) in [5.74, 6) is -0.323. The van der Waals surface area contributed by atoms with Crippen LogP contribution in [0.15, 0.2) is 51.7 Å². The second kappa shape index (κ2) is 4.90. The monoisotopic (exact) mass is 334 g/mol. The van der Waals surface area contributed by atoms with E-state index in [2.05, 4.69) is 15.9 Å². The van der Waals surface area contributed by atoms with Gasteiger partial charge in [0.25, 0.3) is 0 Å². The first-order chi connectivity index (χ1) is 9.59. The van der Waals surface area contributed by atoms with E-state index in [-0.39, 0.29) is 11.5 Å². The molecule has 0 bridgehead atoms. The van der Waals surface area contributed by atoms with Gasteiger partial charge in [0.05, 0.1) is 22.1 Å². The molecule has 0 N–H and O–H groups in total. The Balaban J connectivity index is 2.19. The minimum Gasteiger partial charge on any atom is -0.295 e. The number of para-hydroxylation sites is 2. The van der Waals surface area contributed by atoms with Crippen molar-refractivity contribution in [3.8, 4) is 0 Å². The molecule has 0 saturated carbocycles. The molecule has 102 valence electrons. The average Bonchev–Trinajstić information content (AvgIpc) is 2.69. The van der Waals surface area contributed by atoms with E-state index in [1.807, 2.05) is 24.3 Å². The second-order valence-corrected chi connectivity index (χ2v) is 5.42. The van der Waals surface area contributed by atoms with Gasteiger partial charge in [-0.05, 0) is 39.7 Å². The maximum absolute atomic E-state index is 13.6. The molecule has 20 heavy (non-hydrogen) atoms. The van der Waals surface area contributed by atoms with Crippen LogP contribution in [0.3, 0.4) is 0 Å². The predicted octanol–water partition coefficient (Wildman–Crippen LogP) is 3.29. The molecule has 0 atom stereocenters. The van der Waals surface area contributed by atoms with Crippen molar-refractivity contribution in [2.75, 3.05) is 0 Å². The zero-order chi connectivity index (χ0) is 14.3. The smallest absolute Gasteiger partial charge is 0.295 e. The Kier molecular flexibility index (Phi) is 3.22. The van der Waals surface area contributed by atoms with Gasteiger partial charge < -0.3 is 0 Å². The van der Waals surface area contributed by atoms with Crippen LogP contribution in [0.1, 0.15) is 5.56 Å². The first-order valence-corrected chi connectivity index (χ1v) is 6.96. The third kappa shape index (κ3) is 1.98. The molecule has 5 heteroatoms. The molecule has 0 spiro atoms. The molecule has 0 amide bonds. The van der Waals surface area contributed by atoms with E-state index in [0.29, 0.717) is 11.0 Å². The molecular formula is C15H12BrFN2O. The van der Waals surface area contributed by atoms with Crippen molar-refractivity contribution in [3.63, 3.8) is 0 Å². The van der Waals surface area contributed by atoms with Gasteiger partial charge in [-0.25, -0.2) is 9.18 Å². The number of aromatic nitrogens is 2. The van der Waals surface area contributed by atoms with Gasteiger partial charge in [0.2, 0.25) is 0 Å². The van der Waals surface area contributed by atoms with Gasteiger partial charge in [0.1, 0.15) is 5.82 Å². The fraction of sp³-hybridized carbons (Fsp3) is 0.133. The van der Waals surface area contributed by atoms with E-state index < -0.39 is 0 Å². The van der Waals surface area contributed by atoms with Crippen LogP contribution < -0.4 is 5.69 Å². The Bertz CT molecular complexity index is 851. The molecule has 3 rings (SSSR count). The Morgan fingerprint density at radius 1 is 1.10 bits per heavy atom. The third-order valence-corrected chi connectivity index (χ3v) is 4.30. The Hall–Kier alpha value is -1.88. The summed E-state index contributed by atoms with van der Waals surface area (Å²) >= 11 is 3.24. The van der Waals surface area contributed by atoms with Gasteiger partial charge in [0, 0.05) is 7.05 Å². The highest BCUT2D eigenvalue weighted by Crippen LogP contribution is 2.22. The molecular weight excluding hydrogens is 323 g/mol. The first-order valence-electron chi connectivity index (χ1n) is 6.16. The normalized spacial score (nSPS) is 11.2. The summed E-state index contributed by atoms with van der Waals surface area (Å²) in [6.07, 6.45) is 0.